The molecule has 0 saturated heterocycles. The van der Waals surface area contributed by atoms with Crippen LogP contribution in [0.25, 0.3) is 0 Å². The first-order chi connectivity index (χ1) is 8.78. The molecular formula is C14H17N3O. The van der Waals surface area contributed by atoms with Crippen molar-refractivity contribution in [3.8, 4) is 0 Å². The highest BCUT2D eigenvalue weighted by Gasteiger charge is 2.17. The van der Waals surface area contributed by atoms with Crippen LogP contribution in [-0.2, 0) is 19.7 Å². The van der Waals surface area contributed by atoms with E-state index in [1.165, 1.54) is 5.69 Å². The van der Waals surface area contributed by atoms with Gasteiger partial charge < -0.3 is 14.6 Å². The number of aryl methyl sites for hydroxylation is 1. The Morgan fingerprint density at radius 1 is 1.33 bits per heavy atom. The summed E-state index contributed by atoms with van der Waals surface area (Å²) in [4.78, 5) is 6.70. The Labute approximate surface area is 107 Å². The minimum atomic E-state index is 0.108. The molecule has 4 nitrogen and oxygen atoms in total. The van der Waals surface area contributed by atoms with Gasteiger partial charge in [-0.3, -0.25) is 0 Å². The molecule has 0 bridgehead atoms. The number of hydrogen-bond acceptors (Lipinski definition) is 3. The number of aromatic nitrogens is 2. The van der Waals surface area contributed by atoms with E-state index in [0.29, 0.717) is 0 Å². The van der Waals surface area contributed by atoms with E-state index in [2.05, 4.69) is 26.6 Å². The van der Waals surface area contributed by atoms with Crippen molar-refractivity contribution in [2.24, 2.45) is 0 Å². The fraction of sp³-hybridized carbons (Fsp3) is 0.357. The first kappa shape index (κ1) is 11.3. The van der Waals surface area contributed by atoms with Crippen molar-refractivity contribution in [3.05, 3.63) is 47.5 Å². The molecule has 0 atom stereocenters. The highest BCUT2D eigenvalue weighted by atomic mass is 16.3. The van der Waals surface area contributed by atoms with E-state index in [1.807, 2.05) is 25.4 Å². The van der Waals surface area contributed by atoms with E-state index < -0.39 is 0 Å². The van der Waals surface area contributed by atoms with Crippen molar-refractivity contribution in [2.45, 2.75) is 26.6 Å². The fourth-order valence-electron chi connectivity index (χ4n) is 2.45. The van der Waals surface area contributed by atoms with Gasteiger partial charge in [-0.05, 0) is 30.2 Å². The molecule has 0 spiro atoms. The summed E-state index contributed by atoms with van der Waals surface area (Å²) in [6.45, 7) is 4.98. The van der Waals surface area contributed by atoms with Crippen LogP contribution in [-0.4, -0.2) is 21.2 Å². The van der Waals surface area contributed by atoms with Crippen molar-refractivity contribution in [1.29, 1.82) is 0 Å². The molecule has 2 heterocycles. The highest BCUT2D eigenvalue weighted by molar-refractivity contribution is 5.51. The standard InChI is InChI=1S/C14H17N3O/c1-11-8-13(3-2-12(11)10-18)17-7-6-16-5-4-15-14(16)9-17/h2-5,8,18H,6-7,9-10H2,1H3. The Bertz CT molecular complexity index is 562. The topological polar surface area (TPSA) is 41.3 Å². The predicted octanol–water partition coefficient (Wildman–Crippen LogP) is 1.70. The van der Waals surface area contributed by atoms with E-state index in [1.54, 1.807) is 0 Å². The lowest BCUT2D eigenvalue weighted by Crippen LogP contribution is -2.33. The first-order valence-corrected chi connectivity index (χ1v) is 6.23. The summed E-state index contributed by atoms with van der Waals surface area (Å²) in [5.41, 5.74) is 3.35. The van der Waals surface area contributed by atoms with Crippen molar-refractivity contribution < 1.29 is 5.11 Å². The summed E-state index contributed by atoms with van der Waals surface area (Å²) in [6, 6.07) is 6.23. The Morgan fingerprint density at radius 3 is 3.00 bits per heavy atom. The van der Waals surface area contributed by atoms with Gasteiger partial charge in [0.1, 0.15) is 5.82 Å². The summed E-state index contributed by atoms with van der Waals surface area (Å²) in [5.74, 6) is 1.12. The molecule has 1 aliphatic heterocycles. The molecule has 4 heteroatoms. The molecule has 1 aromatic heterocycles. The molecule has 0 unspecified atom stereocenters. The Morgan fingerprint density at radius 2 is 2.22 bits per heavy atom. The van der Waals surface area contributed by atoms with Gasteiger partial charge in [-0.1, -0.05) is 6.07 Å². The Kier molecular flexibility index (Phi) is 2.80. The summed E-state index contributed by atoms with van der Waals surface area (Å²) >= 11 is 0. The number of nitrogens with zero attached hydrogens (tertiary/aromatic N) is 3. The third-order valence-corrected chi connectivity index (χ3v) is 3.61. The molecule has 0 fully saturated rings. The number of hydrogen-bond donors (Lipinski definition) is 1. The normalized spacial score (nSPS) is 14.7. The van der Waals surface area contributed by atoms with Crippen LogP contribution in [0.5, 0.6) is 0 Å². The number of anilines is 1. The minimum absolute atomic E-state index is 0.108. The molecule has 1 aliphatic rings. The second-order valence-corrected chi connectivity index (χ2v) is 4.73. The van der Waals surface area contributed by atoms with E-state index >= 15 is 0 Å². The van der Waals surface area contributed by atoms with Gasteiger partial charge in [0, 0.05) is 31.2 Å². The average Bonchev–Trinajstić information content (AvgIpc) is 2.85. The van der Waals surface area contributed by atoms with Gasteiger partial charge in [-0.15, -0.1) is 0 Å². The molecule has 94 valence electrons. The van der Waals surface area contributed by atoms with Crippen molar-refractivity contribution >= 4 is 5.69 Å². The molecule has 0 radical (unpaired) electrons. The van der Waals surface area contributed by atoms with Crippen LogP contribution in [0.3, 0.4) is 0 Å². The molecule has 2 aromatic rings. The summed E-state index contributed by atoms with van der Waals surface area (Å²) in [7, 11) is 0. The lowest BCUT2D eigenvalue weighted by Gasteiger charge is -2.30. The maximum atomic E-state index is 9.20. The minimum Gasteiger partial charge on any atom is -0.392 e. The zero-order valence-corrected chi connectivity index (χ0v) is 10.5. The zero-order chi connectivity index (χ0) is 12.5. The maximum absolute atomic E-state index is 9.20. The van der Waals surface area contributed by atoms with Crippen molar-refractivity contribution in [1.82, 2.24) is 9.55 Å². The summed E-state index contributed by atoms with van der Waals surface area (Å²) in [6.07, 6.45) is 3.89. The maximum Gasteiger partial charge on any atom is 0.128 e. The Hall–Kier alpha value is -1.81. The molecule has 3 rings (SSSR count). The van der Waals surface area contributed by atoms with E-state index in [-0.39, 0.29) is 6.61 Å². The van der Waals surface area contributed by atoms with Crippen LogP contribution in [0, 0.1) is 6.92 Å². The number of fused-ring (bicyclic) bond motifs is 1. The largest absolute Gasteiger partial charge is 0.392 e. The third-order valence-electron chi connectivity index (χ3n) is 3.61. The van der Waals surface area contributed by atoms with Gasteiger partial charge in [0.25, 0.3) is 0 Å². The molecule has 1 aromatic carbocycles. The average molecular weight is 243 g/mol. The zero-order valence-electron chi connectivity index (χ0n) is 10.5. The van der Waals surface area contributed by atoms with Crippen molar-refractivity contribution in [2.75, 3.05) is 11.4 Å². The quantitative estimate of drug-likeness (QED) is 0.873. The molecule has 1 N–H and O–H groups in total. The number of imidazole rings is 1. The summed E-state index contributed by atoms with van der Waals surface area (Å²) < 4.78 is 2.20. The van der Waals surface area contributed by atoms with Crippen LogP contribution in [0.2, 0.25) is 0 Å². The lowest BCUT2D eigenvalue weighted by atomic mass is 10.1. The van der Waals surface area contributed by atoms with E-state index in [9.17, 15) is 5.11 Å². The van der Waals surface area contributed by atoms with Crippen LogP contribution >= 0.6 is 0 Å². The van der Waals surface area contributed by atoms with Crippen molar-refractivity contribution in [3.63, 3.8) is 0 Å². The van der Waals surface area contributed by atoms with E-state index in [4.69, 9.17) is 0 Å². The molecule has 0 aliphatic carbocycles. The van der Waals surface area contributed by atoms with Crippen LogP contribution in [0.1, 0.15) is 17.0 Å². The molecule has 0 saturated carbocycles. The number of rotatable bonds is 2. The second-order valence-electron chi connectivity index (χ2n) is 4.73. The lowest BCUT2D eigenvalue weighted by molar-refractivity contribution is 0.281. The highest BCUT2D eigenvalue weighted by Crippen LogP contribution is 2.23. The first-order valence-electron chi connectivity index (χ1n) is 6.23. The molecule has 0 amide bonds. The van der Waals surface area contributed by atoms with Gasteiger partial charge in [0.05, 0.1) is 13.2 Å². The van der Waals surface area contributed by atoms with Gasteiger partial charge >= 0.3 is 0 Å². The second kappa shape index (κ2) is 4.46. The van der Waals surface area contributed by atoms with Gasteiger partial charge in [0.15, 0.2) is 0 Å². The number of benzene rings is 1. The monoisotopic (exact) mass is 243 g/mol. The smallest absolute Gasteiger partial charge is 0.128 e. The van der Waals surface area contributed by atoms with Gasteiger partial charge in [-0.2, -0.15) is 0 Å². The summed E-state index contributed by atoms with van der Waals surface area (Å²) in [5, 5.41) is 9.20. The van der Waals surface area contributed by atoms with Gasteiger partial charge in [0.2, 0.25) is 0 Å². The number of aliphatic hydroxyl groups excluding tert-OH is 1. The SMILES string of the molecule is Cc1cc(N2CCn3ccnc3C2)ccc1CO. The van der Waals surface area contributed by atoms with E-state index in [0.717, 1.165) is 36.6 Å². The molecule has 18 heavy (non-hydrogen) atoms. The van der Waals surface area contributed by atoms with Crippen LogP contribution < -0.4 is 4.90 Å². The van der Waals surface area contributed by atoms with Gasteiger partial charge in [-0.25, -0.2) is 4.98 Å². The predicted molar refractivity (Wildman–Crippen MR) is 70.4 cm³/mol. The Balaban J connectivity index is 1.86. The fourth-order valence-corrected chi connectivity index (χ4v) is 2.45. The third kappa shape index (κ3) is 1.88. The number of aliphatic hydroxyl groups is 1. The van der Waals surface area contributed by atoms with Crippen LogP contribution in [0.4, 0.5) is 5.69 Å². The van der Waals surface area contributed by atoms with Crippen LogP contribution in [0.15, 0.2) is 30.6 Å². The molecular weight excluding hydrogens is 226 g/mol.